The van der Waals surface area contributed by atoms with E-state index in [0.29, 0.717) is 39.2 Å². The second kappa shape index (κ2) is 6.99. The van der Waals surface area contributed by atoms with Crippen LogP contribution < -0.4 is 0 Å². The largest absolute Gasteiger partial charge is 0.394 e. The van der Waals surface area contributed by atoms with Crippen molar-refractivity contribution in [3.63, 3.8) is 0 Å². The first kappa shape index (κ1) is 16.8. The van der Waals surface area contributed by atoms with Gasteiger partial charge in [-0.25, -0.2) is 8.42 Å². The van der Waals surface area contributed by atoms with Gasteiger partial charge in [-0.2, -0.15) is 4.31 Å². The molecule has 0 aromatic carbocycles. The van der Waals surface area contributed by atoms with E-state index in [1.807, 2.05) is 13.8 Å². The van der Waals surface area contributed by atoms with Crippen molar-refractivity contribution >= 4 is 10.0 Å². The number of methoxy groups -OCH3 is 1. The molecular weight excluding hydrogens is 268 g/mol. The van der Waals surface area contributed by atoms with Crippen LogP contribution in [0.2, 0.25) is 0 Å². The first-order valence-corrected chi connectivity index (χ1v) is 8.27. The Balaban J connectivity index is 2.49. The number of aliphatic hydroxyl groups excluding tert-OH is 1. The maximum Gasteiger partial charge on any atom is 0.214 e. The molecule has 0 aliphatic carbocycles. The average molecular weight is 294 g/mol. The molecule has 0 bridgehead atoms. The third-order valence-electron chi connectivity index (χ3n) is 3.63. The zero-order valence-electron chi connectivity index (χ0n) is 12.1. The molecule has 1 heterocycles. The number of hydrogen-bond donors (Lipinski definition) is 1. The molecule has 0 spiro atoms. The molecule has 1 aliphatic heterocycles. The molecule has 7 heteroatoms. The summed E-state index contributed by atoms with van der Waals surface area (Å²) in [6, 6.07) is 0. The highest BCUT2D eigenvalue weighted by Gasteiger charge is 2.32. The van der Waals surface area contributed by atoms with Gasteiger partial charge in [0.2, 0.25) is 10.0 Å². The lowest BCUT2D eigenvalue weighted by Crippen LogP contribution is -2.57. The molecule has 1 saturated heterocycles. The van der Waals surface area contributed by atoms with E-state index in [-0.39, 0.29) is 17.9 Å². The summed E-state index contributed by atoms with van der Waals surface area (Å²) < 4.78 is 30.6. The zero-order valence-corrected chi connectivity index (χ0v) is 12.9. The second-order valence-corrected chi connectivity index (χ2v) is 7.61. The minimum atomic E-state index is -3.17. The lowest BCUT2D eigenvalue weighted by Gasteiger charge is -2.42. The van der Waals surface area contributed by atoms with Gasteiger partial charge in [0.15, 0.2) is 0 Å². The number of rotatable bonds is 7. The van der Waals surface area contributed by atoms with Gasteiger partial charge >= 0.3 is 0 Å². The summed E-state index contributed by atoms with van der Waals surface area (Å²) in [5, 5.41) is 9.33. The predicted molar refractivity (Wildman–Crippen MR) is 74.6 cm³/mol. The molecule has 1 rings (SSSR count). The minimum Gasteiger partial charge on any atom is -0.394 e. The fourth-order valence-corrected chi connectivity index (χ4v) is 3.65. The lowest BCUT2D eigenvalue weighted by atomic mass is 10.0. The molecule has 19 heavy (non-hydrogen) atoms. The Hall–Kier alpha value is -0.210. The summed E-state index contributed by atoms with van der Waals surface area (Å²) in [4.78, 5) is 2.13. The molecule has 0 amide bonds. The van der Waals surface area contributed by atoms with Gasteiger partial charge in [-0.05, 0) is 20.3 Å². The summed E-state index contributed by atoms with van der Waals surface area (Å²) in [5.74, 6) is 0.143. The van der Waals surface area contributed by atoms with Crippen LogP contribution >= 0.6 is 0 Å². The normalized spacial score (nSPS) is 19.8. The molecule has 1 fully saturated rings. The van der Waals surface area contributed by atoms with Gasteiger partial charge in [0.25, 0.3) is 0 Å². The SMILES string of the molecule is COCCCS(=O)(=O)N1CCN(C(C)(C)CO)CC1. The van der Waals surface area contributed by atoms with Gasteiger partial charge in [-0.3, -0.25) is 4.90 Å². The molecule has 114 valence electrons. The molecule has 1 N–H and O–H groups in total. The molecule has 0 saturated carbocycles. The van der Waals surface area contributed by atoms with Crippen molar-refractivity contribution in [2.45, 2.75) is 25.8 Å². The molecule has 1 aliphatic rings. The number of aliphatic hydroxyl groups is 1. The zero-order chi connectivity index (χ0) is 14.5. The number of hydrogen-bond acceptors (Lipinski definition) is 5. The topological polar surface area (TPSA) is 70.1 Å². The first-order valence-electron chi connectivity index (χ1n) is 6.66. The Labute approximate surface area is 116 Å². The Morgan fingerprint density at radius 1 is 1.21 bits per heavy atom. The molecule has 0 radical (unpaired) electrons. The van der Waals surface area contributed by atoms with E-state index >= 15 is 0 Å². The average Bonchev–Trinajstić information content (AvgIpc) is 2.39. The summed E-state index contributed by atoms with van der Waals surface area (Å²) in [7, 11) is -1.60. The summed E-state index contributed by atoms with van der Waals surface area (Å²) in [6.07, 6.45) is 0.529. The highest BCUT2D eigenvalue weighted by molar-refractivity contribution is 7.89. The van der Waals surface area contributed by atoms with Crippen LogP contribution in [0.15, 0.2) is 0 Å². The van der Waals surface area contributed by atoms with Crippen LogP contribution in [0.1, 0.15) is 20.3 Å². The van der Waals surface area contributed by atoms with Crippen LogP contribution in [0.5, 0.6) is 0 Å². The van der Waals surface area contributed by atoms with E-state index in [2.05, 4.69) is 4.90 Å². The van der Waals surface area contributed by atoms with E-state index in [1.165, 1.54) is 0 Å². The number of nitrogens with zero attached hydrogens (tertiary/aromatic N) is 2. The fraction of sp³-hybridized carbons (Fsp3) is 1.00. The molecule has 0 aromatic heterocycles. The lowest BCUT2D eigenvalue weighted by molar-refractivity contribution is 0.0334. The third kappa shape index (κ3) is 4.68. The van der Waals surface area contributed by atoms with Crippen LogP contribution in [0.4, 0.5) is 0 Å². The van der Waals surface area contributed by atoms with E-state index in [4.69, 9.17) is 4.74 Å². The van der Waals surface area contributed by atoms with Crippen LogP contribution in [0.25, 0.3) is 0 Å². The molecule has 6 nitrogen and oxygen atoms in total. The van der Waals surface area contributed by atoms with Crippen LogP contribution in [-0.2, 0) is 14.8 Å². The van der Waals surface area contributed by atoms with E-state index in [1.54, 1.807) is 11.4 Å². The van der Waals surface area contributed by atoms with E-state index in [9.17, 15) is 13.5 Å². The number of piperazine rings is 1. The van der Waals surface area contributed by atoms with Crippen LogP contribution in [0.3, 0.4) is 0 Å². The van der Waals surface area contributed by atoms with Gasteiger partial charge in [0.1, 0.15) is 0 Å². The van der Waals surface area contributed by atoms with Crippen molar-refractivity contribution in [3.05, 3.63) is 0 Å². The minimum absolute atomic E-state index is 0.0770. The standard InChI is InChI=1S/C12H26N2O4S/c1-12(2,11-15)13-5-7-14(8-6-13)19(16,17)10-4-9-18-3/h15H,4-11H2,1-3H3. The molecular formula is C12H26N2O4S. The summed E-state index contributed by atoms with van der Waals surface area (Å²) in [6.45, 7) is 6.81. The summed E-state index contributed by atoms with van der Waals surface area (Å²) in [5.41, 5.74) is -0.286. The van der Waals surface area contributed by atoms with Crippen molar-refractivity contribution in [3.8, 4) is 0 Å². The van der Waals surface area contributed by atoms with Gasteiger partial charge in [0.05, 0.1) is 12.4 Å². The molecule has 0 unspecified atom stereocenters. The van der Waals surface area contributed by atoms with Gasteiger partial charge < -0.3 is 9.84 Å². The molecule has 0 aromatic rings. The smallest absolute Gasteiger partial charge is 0.214 e. The van der Waals surface area contributed by atoms with Gasteiger partial charge in [-0.15, -0.1) is 0 Å². The number of sulfonamides is 1. The first-order chi connectivity index (χ1) is 8.83. The fourth-order valence-electron chi connectivity index (χ4n) is 2.19. The predicted octanol–water partition coefficient (Wildman–Crippen LogP) is -0.259. The van der Waals surface area contributed by atoms with E-state index in [0.717, 1.165) is 0 Å². The van der Waals surface area contributed by atoms with Crippen LogP contribution in [-0.4, -0.2) is 80.5 Å². The monoisotopic (exact) mass is 294 g/mol. The van der Waals surface area contributed by atoms with Gasteiger partial charge in [-0.1, -0.05) is 0 Å². The quantitative estimate of drug-likeness (QED) is 0.655. The van der Waals surface area contributed by atoms with E-state index < -0.39 is 10.0 Å². The van der Waals surface area contributed by atoms with Crippen molar-refractivity contribution in [1.29, 1.82) is 0 Å². The summed E-state index contributed by atoms with van der Waals surface area (Å²) >= 11 is 0. The Morgan fingerprint density at radius 3 is 2.26 bits per heavy atom. The maximum atomic E-state index is 12.1. The van der Waals surface area contributed by atoms with Crippen molar-refractivity contribution in [2.24, 2.45) is 0 Å². The molecule has 0 atom stereocenters. The van der Waals surface area contributed by atoms with Crippen molar-refractivity contribution in [1.82, 2.24) is 9.21 Å². The van der Waals surface area contributed by atoms with Crippen LogP contribution in [0, 0.1) is 0 Å². The maximum absolute atomic E-state index is 12.1. The highest BCUT2D eigenvalue weighted by Crippen LogP contribution is 2.18. The third-order valence-corrected chi connectivity index (χ3v) is 5.58. The second-order valence-electron chi connectivity index (χ2n) is 5.52. The van der Waals surface area contributed by atoms with Crippen molar-refractivity contribution < 1.29 is 18.3 Å². The van der Waals surface area contributed by atoms with Crippen molar-refractivity contribution in [2.75, 3.05) is 52.3 Å². The Morgan fingerprint density at radius 2 is 1.79 bits per heavy atom. The van der Waals surface area contributed by atoms with Gasteiger partial charge in [0, 0.05) is 45.4 Å². The number of ether oxygens (including phenoxy) is 1. The Kier molecular flexibility index (Phi) is 6.19. The highest BCUT2D eigenvalue weighted by atomic mass is 32.2. The Bertz CT molecular complexity index is 362.